The Morgan fingerprint density at radius 2 is 2.04 bits per heavy atom. The van der Waals surface area contributed by atoms with Crippen LogP contribution in [0.3, 0.4) is 0 Å². The highest BCUT2D eigenvalue weighted by atomic mass is 19.1. The van der Waals surface area contributed by atoms with Gasteiger partial charge >= 0.3 is 0 Å². The van der Waals surface area contributed by atoms with Crippen molar-refractivity contribution >= 4 is 5.96 Å². The van der Waals surface area contributed by atoms with Crippen molar-refractivity contribution in [3.63, 3.8) is 0 Å². The standard InChI is InChI=1S/C19H30F2N4O/c1-3-22-19(23-7-6-16-12-17(20)4-5-18(16)21)24-13-15(2)14-25-8-10-26-11-9-25/h4-5,12,15H,3,6-11,13-14H2,1-2H3,(H2,22,23,24). The number of morpholine rings is 1. The van der Waals surface area contributed by atoms with Crippen molar-refractivity contribution in [1.82, 2.24) is 15.5 Å². The summed E-state index contributed by atoms with van der Waals surface area (Å²) in [7, 11) is 0. The smallest absolute Gasteiger partial charge is 0.191 e. The molecule has 2 N–H and O–H groups in total. The van der Waals surface area contributed by atoms with E-state index < -0.39 is 5.82 Å². The molecule has 0 saturated carbocycles. The van der Waals surface area contributed by atoms with E-state index >= 15 is 0 Å². The largest absolute Gasteiger partial charge is 0.379 e. The van der Waals surface area contributed by atoms with Gasteiger partial charge in [-0.3, -0.25) is 9.89 Å². The van der Waals surface area contributed by atoms with Crippen LogP contribution in [-0.2, 0) is 11.2 Å². The van der Waals surface area contributed by atoms with E-state index in [0.717, 1.165) is 51.5 Å². The number of hydrogen-bond acceptors (Lipinski definition) is 3. The molecule has 0 spiro atoms. The van der Waals surface area contributed by atoms with Gasteiger partial charge in [0.15, 0.2) is 5.96 Å². The Labute approximate surface area is 154 Å². The van der Waals surface area contributed by atoms with E-state index in [0.29, 0.717) is 37.0 Å². The number of rotatable bonds is 8. The quantitative estimate of drug-likeness (QED) is 0.545. The summed E-state index contributed by atoms with van der Waals surface area (Å²) in [6.07, 6.45) is 0.400. The topological polar surface area (TPSA) is 48.9 Å². The van der Waals surface area contributed by atoms with Gasteiger partial charge in [0.2, 0.25) is 0 Å². The molecule has 1 saturated heterocycles. The number of guanidine groups is 1. The number of ether oxygens (including phenoxy) is 1. The zero-order valence-corrected chi connectivity index (χ0v) is 15.7. The molecule has 1 unspecified atom stereocenters. The van der Waals surface area contributed by atoms with Crippen LogP contribution in [0, 0.1) is 17.6 Å². The Bertz CT molecular complexity index is 577. The van der Waals surface area contributed by atoms with Crippen molar-refractivity contribution < 1.29 is 13.5 Å². The van der Waals surface area contributed by atoms with Crippen LogP contribution in [0.15, 0.2) is 23.2 Å². The first-order valence-corrected chi connectivity index (χ1v) is 9.34. The van der Waals surface area contributed by atoms with Crippen LogP contribution in [0.1, 0.15) is 19.4 Å². The highest BCUT2D eigenvalue weighted by molar-refractivity contribution is 5.79. The predicted octanol–water partition coefficient (Wildman–Crippen LogP) is 2.03. The number of benzene rings is 1. The van der Waals surface area contributed by atoms with Gasteiger partial charge in [0.1, 0.15) is 11.6 Å². The Hall–Kier alpha value is -1.73. The van der Waals surface area contributed by atoms with Gasteiger partial charge in [0.05, 0.1) is 13.2 Å². The van der Waals surface area contributed by atoms with Gasteiger partial charge in [-0.05, 0) is 43.0 Å². The molecule has 1 aromatic carbocycles. The summed E-state index contributed by atoms with van der Waals surface area (Å²) >= 11 is 0. The van der Waals surface area contributed by atoms with Crippen molar-refractivity contribution in [2.45, 2.75) is 20.3 Å². The van der Waals surface area contributed by atoms with Crippen LogP contribution in [0.2, 0.25) is 0 Å². The van der Waals surface area contributed by atoms with E-state index in [-0.39, 0.29) is 5.82 Å². The Morgan fingerprint density at radius 1 is 1.27 bits per heavy atom. The summed E-state index contributed by atoms with van der Waals surface area (Å²) < 4.78 is 32.3. The monoisotopic (exact) mass is 368 g/mol. The molecule has 146 valence electrons. The van der Waals surface area contributed by atoms with E-state index in [4.69, 9.17) is 4.74 Å². The maximum Gasteiger partial charge on any atom is 0.191 e. The summed E-state index contributed by atoms with van der Waals surface area (Å²) in [5.74, 6) is 0.343. The van der Waals surface area contributed by atoms with Gasteiger partial charge in [0.25, 0.3) is 0 Å². The maximum absolute atomic E-state index is 13.7. The number of halogens is 2. The van der Waals surface area contributed by atoms with Crippen molar-refractivity contribution in [3.8, 4) is 0 Å². The molecule has 0 amide bonds. The lowest BCUT2D eigenvalue weighted by molar-refractivity contribution is 0.0323. The third-order valence-electron chi connectivity index (χ3n) is 4.27. The molecule has 7 heteroatoms. The average Bonchev–Trinajstić information content (AvgIpc) is 2.63. The fourth-order valence-corrected chi connectivity index (χ4v) is 2.92. The molecule has 2 rings (SSSR count). The molecule has 1 atom stereocenters. The number of nitrogens with one attached hydrogen (secondary N) is 2. The first-order chi connectivity index (χ1) is 12.6. The third kappa shape index (κ3) is 7.25. The van der Waals surface area contributed by atoms with Gasteiger partial charge in [-0.15, -0.1) is 0 Å². The van der Waals surface area contributed by atoms with Crippen LogP contribution in [-0.4, -0.2) is 63.3 Å². The lowest BCUT2D eigenvalue weighted by Crippen LogP contribution is -2.40. The van der Waals surface area contributed by atoms with Crippen LogP contribution in [0.4, 0.5) is 8.78 Å². The zero-order chi connectivity index (χ0) is 18.8. The van der Waals surface area contributed by atoms with E-state index in [2.05, 4.69) is 27.4 Å². The maximum atomic E-state index is 13.7. The third-order valence-corrected chi connectivity index (χ3v) is 4.27. The second-order valence-electron chi connectivity index (χ2n) is 6.65. The molecule has 1 heterocycles. The van der Waals surface area contributed by atoms with Gasteiger partial charge in [-0.1, -0.05) is 6.92 Å². The molecule has 1 fully saturated rings. The zero-order valence-electron chi connectivity index (χ0n) is 15.7. The summed E-state index contributed by atoms with van der Waals surface area (Å²) in [5.41, 5.74) is 0.369. The molecule has 0 aromatic heterocycles. The van der Waals surface area contributed by atoms with Crippen molar-refractivity contribution in [1.29, 1.82) is 0 Å². The van der Waals surface area contributed by atoms with Gasteiger partial charge < -0.3 is 15.4 Å². The number of aliphatic imine (C=N–C) groups is 1. The summed E-state index contributed by atoms with van der Waals surface area (Å²) in [6.45, 7) is 10.7. The summed E-state index contributed by atoms with van der Waals surface area (Å²) in [4.78, 5) is 7.02. The van der Waals surface area contributed by atoms with Crippen molar-refractivity contribution in [2.75, 3.05) is 52.5 Å². The van der Waals surface area contributed by atoms with E-state index in [1.54, 1.807) is 0 Å². The number of nitrogens with zero attached hydrogens (tertiary/aromatic N) is 2. The number of hydrogen-bond donors (Lipinski definition) is 2. The first kappa shape index (κ1) is 20.6. The second kappa shape index (κ2) is 11.1. The van der Waals surface area contributed by atoms with Crippen molar-refractivity contribution in [3.05, 3.63) is 35.4 Å². The predicted molar refractivity (Wildman–Crippen MR) is 100 cm³/mol. The van der Waals surface area contributed by atoms with Gasteiger partial charge in [-0.2, -0.15) is 0 Å². The Morgan fingerprint density at radius 3 is 2.77 bits per heavy atom. The normalized spacial score (nSPS) is 17.2. The lowest BCUT2D eigenvalue weighted by Gasteiger charge is -2.28. The molecule has 0 radical (unpaired) electrons. The highest BCUT2D eigenvalue weighted by Gasteiger charge is 2.13. The van der Waals surface area contributed by atoms with E-state index in [1.165, 1.54) is 6.07 Å². The van der Waals surface area contributed by atoms with Crippen LogP contribution < -0.4 is 10.6 Å². The minimum Gasteiger partial charge on any atom is -0.379 e. The molecular weight excluding hydrogens is 338 g/mol. The lowest BCUT2D eigenvalue weighted by atomic mass is 10.1. The molecule has 26 heavy (non-hydrogen) atoms. The summed E-state index contributed by atoms with van der Waals surface area (Å²) in [6, 6.07) is 3.54. The van der Waals surface area contributed by atoms with E-state index in [1.807, 2.05) is 6.92 Å². The van der Waals surface area contributed by atoms with E-state index in [9.17, 15) is 8.78 Å². The molecule has 0 bridgehead atoms. The van der Waals surface area contributed by atoms with Gasteiger partial charge in [-0.25, -0.2) is 8.78 Å². The first-order valence-electron chi connectivity index (χ1n) is 9.34. The SMILES string of the molecule is CCNC(=NCC(C)CN1CCOCC1)NCCc1cc(F)ccc1F. The highest BCUT2D eigenvalue weighted by Crippen LogP contribution is 2.09. The van der Waals surface area contributed by atoms with Crippen LogP contribution in [0.5, 0.6) is 0 Å². The molecule has 1 aliphatic rings. The Balaban J connectivity index is 1.78. The molecule has 1 aromatic rings. The second-order valence-corrected chi connectivity index (χ2v) is 6.65. The van der Waals surface area contributed by atoms with Crippen LogP contribution in [0.25, 0.3) is 0 Å². The minimum atomic E-state index is -0.418. The molecule has 5 nitrogen and oxygen atoms in total. The molecular formula is C19H30F2N4O. The fourth-order valence-electron chi connectivity index (χ4n) is 2.92. The average molecular weight is 368 g/mol. The molecule has 0 aliphatic carbocycles. The Kier molecular flexibility index (Phi) is 8.77. The van der Waals surface area contributed by atoms with Crippen molar-refractivity contribution in [2.24, 2.45) is 10.9 Å². The molecule has 1 aliphatic heterocycles. The summed E-state index contributed by atoms with van der Waals surface area (Å²) in [5, 5.41) is 6.38. The minimum absolute atomic E-state index is 0.369. The van der Waals surface area contributed by atoms with Crippen LogP contribution >= 0.6 is 0 Å². The van der Waals surface area contributed by atoms with Gasteiger partial charge in [0, 0.05) is 39.3 Å². The fraction of sp³-hybridized carbons (Fsp3) is 0.632.